The van der Waals surface area contributed by atoms with Crippen LogP contribution < -0.4 is 4.74 Å². The summed E-state index contributed by atoms with van der Waals surface area (Å²) in [7, 11) is 1.60. The van der Waals surface area contributed by atoms with Crippen molar-refractivity contribution in [3.8, 4) is 5.75 Å². The first kappa shape index (κ1) is 18.5. The second-order valence-corrected chi connectivity index (χ2v) is 9.44. The lowest BCUT2D eigenvalue weighted by molar-refractivity contribution is -0.00296. The quantitative estimate of drug-likeness (QED) is 0.639. The molecule has 27 heavy (non-hydrogen) atoms. The van der Waals surface area contributed by atoms with Gasteiger partial charge in [0.1, 0.15) is 11.9 Å². The van der Waals surface area contributed by atoms with E-state index in [9.17, 15) is 9.90 Å². The van der Waals surface area contributed by atoms with E-state index in [1.165, 1.54) is 0 Å². The molecule has 3 saturated carbocycles. The van der Waals surface area contributed by atoms with Gasteiger partial charge >= 0.3 is 5.97 Å². The fourth-order valence-electron chi connectivity index (χ4n) is 6.02. The van der Waals surface area contributed by atoms with Crippen LogP contribution in [0.5, 0.6) is 5.75 Å². The van der Waals surface area contributed by atoms with Crippen LogP contribution in [0.25, 0.3) is 0 Å². The van der Waals surface area contributed by atoms with Gasteiger partial charge in [0.05, 0.1) is 18.3 Å². The van der Waals surface area contributed by atoms with Crippen molar-refractivity contribution in [3.63, 3.8) is 0 Å². The molecule has 0 radical (unpaired) electrons. The van der Waals surface area contributed by atoms with Crippen LogP contribution in [0.15, 0.2) is 36.4 Å². The van der Waals surface area contributed by atoms with Crippen LogP contribution in [0.4, 0.5) is 0 Å². The van der Waals surface area contributed by atoms with E-state index in [0.29, 0.717) is 29.6 Å². The number of esters is 1. The molecule has 1 N–H and O–H groups in total. The lowest BCUT2D eigenvalue weighted by Crippen LogP contribution is -2.34. The Labute approximate surface area is 161 Å². The molecular formula is C23H30O4. The van der Waals surface area contributed by atoms with E-state index < -0.39 is 5.60 Å². The standard InChI is InChI=1S/C23H30O4/c1-13-12-17(27-21(24)14-6-8-15(26-5)9-7-14)19-20(22(19,2)3)18-16(13)10-11-23(18,4)25/h6-9,16-20,25H,1,10-12H2,2-5H3/t16-,17-,18+,19+,20-,23-/m0/s1. The van der Waals surface area contributed by atoms with Gasteiger partial charge in [-0.2, -0.15) is 0 Å². The molecule has 0 amide bonds. The van der Waals surface area contributed by atoms with Crippen molar-refractivity contribution < 1.29 is 19.4 Å². The summed E-state index contributed by atoms with van der Waals surface area (Å²) in [6.45, 7) is 10.8. The van der Waals surface area contributed by atoms with E-state index in [4.69, 9.17) is 9.47 Å². The highest BCUT2D eigenvalue weighted by Crippen LogP contribution is 2.71. The maximum Gasteiger partial charge on any atom is 0.338 e. The molecule has 0 heterocycles. The Bertz CT molecular complexity index is 761. The molecular weight excluding hydrogens is 340 g/mol. The van der Waals surface area contributed by atoms with Gasteiger partial charge in [0.15, 0.2) is 0 Å². The third kappa shape index (κ3) is 2.89. The Kier molecular flexibility index (Phi) is 4.19. The van der Waals surface area contributed by atoms with Gasteiger partial charge in [-0.1, -0.05) is 26.0 Å². The van der Waals surface area contributed by atoms with E-state index in [1.54, 1.807) is 31.4 Å². The van der Waals surface area contributed by atoms with Crippen molar-refractivity contribution in [2.24, 2.45) is 29.1 Å². The zero-order valence-electron chi connectivity index (χ0n) is 16.7. The number of ether oxygens (including phenoxy) is 2. The predicted molar refractivity (Wildman–Crippen MR) is 104 cm³/mol. The van der Waals surface area contributed by atoms with Gasteiger partial charge < -0.3 is 14.6 Å². The molecule has 3 aliphatic rings. The average molecular weight is 370 g/mol. The zero-order chi connectivity index (χ0) is 19.6. The highest BCUT2D eigenvalue weighted by atomic mass is 16.5. The summed E-state index contributed by atoms with van der Waals surface area (Å²) in [5.41, 5.74) is 1.09. The number of fused-ring (bicyclic) bond motifs is 3. The van der Waals surface area contributed by atoms with E-state index in [2.05, 4.69) is 20.4 Å². The molecule has 4 rings (SSSR count). The third-order valence-corrected chi connectivity index (χ3v) is 7.47. The Morgan fingerprint density at radius 3 is 2.44 bits per heavy atom. The van der Waals surface area contributed by atoms with Crippen LogP contribution in [0.1, 0.15) is 50.4 Å². The minimum absolute atomic E-state index is 0.0722. The lowest BCUT2D eigenvalue weighted by atomic mass is 9.77. The normalized spacial score (nSPS) is 39.1. The first-order valence-electron chi connectivity index (χ1n) is 9.92. The topological polar surface area (TPSA) is 55.8 Å². The molecule has 0 bridgehead atoms. The molecule has 0 aromatic heterocycles. The van der Waals surface area contributed by atoms with Crippen molar-refractivity contribution in [3.05, 3.63) is 42.0 Å². The van der Waals surface area contributed by atoms with Crippen LogP contribution in [0.2, 0.25) is 0 Å². The number of aliphatic hydroxyl groups is 1. The molecule has 0 spiro atoms. The molecule has 3 fully saturated rings. The van der Waals surface area contributed by atoms with Crippen molar-refractivity contribution >= 4 is 5.97 Å². The van der Waals surface area contributed by atoms with Crippen LogP contribution >= 0.6 is 0 Å². The number of hydrogen-bond acceptors (Lipinski definition) is 4. The van der Waals surface area contributed by atoms with Gasteiger partial charge in [-0.25, -0.2) is 4.79 Å². The van der Waals surface area contributed by atoms with E-state index in [1.807, 2.05) is 6.92 Å². The summed E-state index contributed by atoms with van der Waals surface area (Å²) in [5.74, 6) is 1.61. The molecule has 4 heteroatoms. The molecule has 1 aromatic rings. The van der Waals surface area contributed by atoms with Crippen molar-refractivity contribution in [1.29, 1.82) is 0 Å². The maximum absolute atomic E-state index is 12.7. The number of carbonyl (C=O) groups is 1. The average Bonchev–Trinajstić information content (AvgIpc) is 3.08. The largest absolute Gasteiger partial charge is 0.497 e. The minimum atomic E-state index is -0.654. The Hall–Kier alpha value is -1.81. The number of benzene rings is 1. The van der Waals surface area contributed by atoms with Gasteiger partial charge in [-0.05, 0) is 67.2 Å². The van der Waals surface area contributed by atoms with Crippen molar-refractivity contribution in [2.75, 3.05) is 7.11 Å². The van der Waals surface area contributed by atoms with E-state index in [0.717, 1.165) is 18.4 Å². The van der Waals surface area contributed by atoms with Gasteiger partial charge in [-0.3, -0.25) is 0 Å². The Morgan fingerprint density at radius 1 is 1.15 bits per heavy atom. The number of carbonyl (C=O) groups excluding carboxylic acids is 1. The Balaban J connectivity index is 1.57. The lowest BCUT2D eigenvalue weighted by Gasteiger charge is -2.31. The predicted octanol–water partition coefficient (Wildman–Crippen LogP) is 4.23. The smallest absolute Gasteiger partial charge is 0.338 e. The van der Waals surface area contributed by atoms with Crippen molar-refractivity contribution in [2.45, 2.75) is 51.7 Å². The first-order valence-corrected chi connectivity index (χ1v) is 9.92. The van der Waals surface area contributed by atoms with Gasteiger partial charge in [-0.15, -0.1) is 0 Å². The second kappa shape index (κ2) is 6.10. The summed E-state index contributed by atoms with van der Waals surface area (Å²) in [6, 6.07) is 7.02. The summed E-state index contributed by atoms with van der Waals surface area (Å²) in [4.78, 5) is 12.7. The fraction of sp³-hybridized carbons (Fsp3) is 0.609. The van der Waals surface area contributed by atoms with Crippen LogP contribution in [-0.4, -0.2) is 29.9 Å². The second-order valence-electron chi connectivity index (χ2n) is 9.44. The summed E-state index contributed by atoms with van der Waals surface area (Å²) >= 11 is 0. The molecule has 1 aromatic carbocycles. The van der Waals surface area contributed by atoms with Gasteiger partial charge in [0.25, 0.3) is 0 Å². The first-order chi connectivity index (χ1) is 12.7. The van der Waals surface area contributed by atoms with Crippen molar-refractivity contribution in [1.82, 2.24) is 0 Å². The van der Waals surface area contributed by atoms with Crippen LogP contribution in [-0.2, 0) is 4.74 Å². The highest BCUT2D eigenvalue weighted by Gasteiger charge is 2.70. The summed E-state index contributed by atoms with van der Waals surface area (Å²) in [5, 5.41) is 11.0. The Morgan fingerprint density at radius 2 is 1.81 bits per heavy atom. The van der Waals surface area contributed by atoms with Gasteiger partial charge in [0, 0.05) is 12.3 Å². The molecule has 3 aliphatic carbocycles. The summed E-state index contributed by atoms with van der Waals surface area (Å²) < 4.78 is 11.2. The van der Waals surface area contributed by atoms with Crippen LogP contribution in [0, 0.1) is 29.1 Å². The summed E-state index contributed by atoms with van der Waals surface area (Å²) in [6.07, 6.45) is 2.34. The molecule has 0 aliphatic heterocycles. The molecule has 4 nitrogen and oxygen atoms in total. The number of rotatable bonds is 3. The SMILES string of the molecule is C=C1C[C@H](OC(=O)c2ccc(OC)cc2)[C@@H]2[C@H]([C@H]3[C@H]1CC[C@]3(C)O)C2(C)C. The molecule has 6 atom stereocenters. The number of methoxy groups -OCH3 is 1. The molecule has 146 valence electrons. The molecule has 0 saturated heterocycles. The monoisotopic (exact) mass is 370 g/mol. The van der Waals surface area contributed by atoms with E-state index in [-0.39, 0.29) is 29.3 Å². The van der Waals surface area contributed by atoms with E-state index >= 15 is 0 Å². The van der Waals surface area contributed by atoms with Crippen LogP contribution in [0.3, 0.4) is 0 Å². The third-order valence-electron chi connectivity index (χ3n) is 7.47. The molecule has 0 unspecified atom stereocenters. The highest BCUT2D eigenvalue weighted by molar-refractivity contribution is 5.89. The zero-order valence-corrected chi connectivity index (χ0v) is 16.7. The van der Waals surface area contributed by atoms with Gasteiger partial charge in [0.2, 0.25) is 0 Å². The maximum atomic E-state index is 12.7. The number of hydrogen-bond donors (Lipinski definition) is 1. The minimum Gasteiger partial charge on any atom is -0.497 e. The fourth-order valence-corrected chi connectivity index (χ4v) is 6.02.